The van der Waals surface area contributed by atoms with Gasteiger partial charge in [0, 0.05) is 0 Å². The van der Waals surface area contributed by atoms with Crippen molar-refractivity contribution in [1.29, 1.82) is 0 Å². The second-order valence-corrected chi connectivity index (χ2v) is 13.8. The van der Waals surface area contributed by atoms with Crippen molar-refractivity contribution in [3.8, 4) is 0 Å². The quantitative estimate of drug-likeness (QED) is 0.307. The molecule has 180 valence electrons. The van der Waals surface area contributed by atoms with Gasteiger partial charge in [-0.05, 0) is 121 Å². The van der Waals surface area contributed by atoms with E-state index in [0.29, 0.717) is 0 Å². The average molecular weight is 429 g/mol. The summed E-state index contributed by atoms with van der Waals surface area (Å²) >= 11 is 0. The number of hydrogen-bond donors (Lipinski definition) is 0. The molecule has 4 aliphatic rings. The van der Waals surface area contributed by atoms with Gasteiger partial charge in [-0.3, -0.25) is 0 Å². The zero-order chi connectivity index (χ0) is 22.6. The maximum Gasteiger partial charge on any atom is -0.0326 e. The Balaban J connectivity index is 1.25. The van der Waals surface area contributed by atoms with Crippen LogP contribution in [0.15, 0.2) is 0 Å². The van der Waals surface area contributed by atoms with Crippen molar-refractivity contribution < 1.29 is 0 Å². The lowest BCUT2D eigenvalue weighted by Crippen LogP contribution is -2.37. The molecular weight excluding hydrogens is 372 g/mol. The second kappa shape index (κ2) is 9.33. The number of rotatable bonds is 11. The van der Waals surface area contributed by atoms with Crippen molar-refractivity contribution in [3.63, 3.8) is 0 Å². The third kappa shape index (κ3) is 4.54. The maximum absolute atomic E-state index is 2.63. The highest BCUT2D eigenvalue weighted by atomic mass is 14.6. The Labute approximate surface area is 196 Å². The Hall–Kier alpha value is 0. The summed E-state index contributed by atoms with van der Waals surface area (Å²) in [4.78, 5) is 0. The van der Waals surface area contributed by atoms with Crippen LogP contribution in [0.5, 0.6) is 0 Å². The summed E-state index contributed by atoms with van der Waals surface area (Å²) in [6.45, 7) is 22.8. The molecule has 0 aliphatic heterocycles. The molecule has 0 spiro atoms. The van der Waals surface area contributed by atoms with Gasteiger partial charge >= 0.3 is 0 Å². The van der Waals surface area contributed by atoms with Crippen molar-refractivity contribution in [2.45, 2.75) is 107 Å². The van der Waals surface area contributed by atoms with Crippen molar-refractivity contribution in [2.75, 3.05) is 0 Å². The minimum atomic E-state index is 0.960. The van der Waals surface area contributed by atoms with E-state index in [1.54, 1.807) is 0 Å². The van der Waals surface area contributed by atoms with E-state index in [-0.39, 0.29) is 0 Å². The van der Waals surface area contributed by atoms with Gasteiger partial charge in [-0.25, -0.2) is 0 Å². The summed E-state index contributed by atoms with van der Waals surface area (Å²) < 4.78 is 0. The fourth-order valence-corrected chi connectivity index (χ4v) is 10.1. The van der Waals surface area contributed by atoms with Crippen LogP contribution in [-0.2, 0) is 0 Å². The molecule has 0 amide bonds. The summed E-state index contributed by atoms with van der Waals surface area (Å²) in [6.07, 6.45) is 10.5. The van der Waals surface area contributed by atoms with Gasteiger partial charge in [-0.2, -0.15) is 0 Å². The van der Waals surface area contributed by atoms with Gasteiger partial charge in [0.15, 0.2) is 0 Å². The largest absolute Gasteiger partial charge is 0.0651 e. The first kappa shape index (κ1) is 24.1. The Kier molecular flexibility index (Phi) is 7.26. The molecule has 0 heterocycles. The Morgan fingerprint density at radius 1 is 0.548 bits per heavy atom. The molecule has 0 aromatic heterocycles. The van der Waals surface area contributed by atoms with Crippen LogP contribution >= 0.6 is 0 Å². The SMILES string of the molecule is CCC1CC(C)C1CC(C)C1C(C)C1C(C)CC1CC(C)C1CC(C)C1C(C)C1CC. The van der Waals surface area contributed by atoms with Gasteiger partial charge in [-0.15, -0.1) is 0 Å². The average Bonchev–Trinajstić information content (AvgIpc) is 3.60. The van der Waals surface area contributed by atoms with E-state index in [9.17, 15) is 0 Å². The predicted octanol–water partition coefficient (Wildman–Crippen LogP) is 9.19. The van der Waals surface area contributed by atoms with E-state index < -0.39 is 0 Å². The molecule has 0 radical (unpaired) electrons. The fourth-order valence-electron chi connectivity index (χ4n) is 10.1. The molecule has 0 saturated heterocycles. The van der Waals surface area contributed by atoms with Crippen molar-refractivity contribution >= 4 is 0 Å². The Morgan fingerprint density at radius 2 is 1.03 bits per heavy atom. The predicted molar refractivity (Wildman–Crippen MR) is 136 cm³/mol. The third-order valence-electron chi connectivity index (χ3n) is 12.1. The molecule has 4 rings (SSSR count). The first-order valence-electron chi connectivity index (χ1n) is 14.7. The molecule has 0 aromatic rings. The van der Waals surface area contributed by atoms with Crippen molar-refractivity contribution in [3.05, 3.63) is 0 Å². The van der Waals surface area contributed by atoms with E-state index in [4.69, 9.17) is 0 Å². The fraction of sp³-hybridized carbons (Fsp3) is 1.00. The van der Waals surface area contributed by atoms with E-state index in [1.807, 2.05) is 0 Å². The number of hydrogen-bond acceptors (Lipinski definition) is 0. The normalized spacial score (nSPS) is 51.4. The summed E-state index contributed by atoms with van der Waals surface area (Å²) in [5.41, 5.74) is 0. The minimum absolute atomic E-state index is 0.960. The molecule has 0 bridgehead atoms. The van der Waals surface area contributed by atoms with Crippen LogP contribution in [-0.4, -0.2) is 0 Å². The van der Waals surface area contributed by atoms with Gasteiger partial charge in [0.25, 0.3) is 0 Å². The molecular formula is C31H56. The summed E-state index contributed by atoms with van der Waals surface area (Å²) in [5, 5.41) is 0. The topological polar surface area (TPSA) is 0 Å². The van der Waals surface area contributed by atoms with Crippen molar-refractivity contribution in [1.82, 2.24) is 0 Å². The standard InChI is InChI=1S/C31H56/c1-10-24-12-17(3)27(24)16-21(7)31-23(9)30(31)19(5)14-25-13-18(4)28(25)15-20(6)29-22(8)26(29)11-2/h17-31H,10-16H2,1-9H3. The van der Waals surface area contributed by atoms with Gasteiger partial charge in [0.2, 0.25) is 0 Å². The van der Waals surface area contributed by atoms with Crippen LogP contribution < -0.4 is 0 Å². The van der Waals surface area contributed by atoms with Gasteiger partial charge in [0.1, 0.15) is 0 Å². The molecule has 0 aromatic carbocycles. The minimum Gasteiger partial charge on any atom is -0.0651 e. The second-order valence-electron chi connectivity index (χ2n) is 13.8. The zero-order valence-electron chi connectivity index (χ0n) is 22.6. The van der Waals surface area contributed by atoms with Crippen LogP contribution in [0.1, 0.15) is 107 Å². The molecule has 4 saturated carbocycles. The van der Waals surface area contributed by atoms with E-state index >= 15 is 0 Å². The van der Waals surface area contributed by atoms with Crippen LogP contribution in [0.25, 0.3) is 0 Å². The molecule has 4 aliphatic carbocycles. The lowest BCUT2D eigenvalue weighted by atomic mass is 9.59. The highest BCUT2D eigenvalue weighted by Crippen LogP contribution is 2.61. The van der Waals surface area contributed by atoms with Crippen molar-refractivity contribution in [2.24, 2.45) is 88.8 Å². The van der Waals surface area contributed by atoms with Crippen LogP contribution in [0.4, 0.5) is 0 Å². The van der Waals surface area contributed by atoms with Gasteiger partial charge in [0.05, 0.1) is 0 Å². The maximum atomic E-state index is 2.63. The monoisotopic (exact) mass is 428 g/mol. The lowest BCUT2D eigenvalue weighted by Gasteiger charge is -2.46. The van der Waals surface area contributed by atoms with E-state index in [2.05, 4.69) is 62.3 Å². The first-order chi connectivity index (χ1) is 14.7. The van der Waals surface area contributed by atoms with Gasteiger partial charge < -0.3 is 0 Å². The summed E-state index contributed by atoms with van der Waals surface area (Å²) in [5.74, 6) is 15.2. The van der Waals surface area contributed by atoms with Gasteiger partial charge in [-0.1, -0.05) is 75.2 Å². The van der Waals surface area contributed by atoms with E-state index in [0.717, 1.165) is 88.8 Å². The van der Waals surface area contributed by atoms with Crippen LogP contribution in [0, 0.1) is 88.8 Å². The molecule has 0 heteroatoms. The Bertz CT molecular complexity index is 593. The molecule has 15 unspecified atom stereocenters. The third-order valence-corrected chi connectivity index (χ3v) is 12.1. The molecule has 0 nitrogen and oxygen atoms in total. The summed E-state index contributed by atoms with van der Waals surface area (Å²) in [6, 6.07) is 0. The van der Waals surface area contributed by atoms with Crippen LogP contribution in [0.3, 0.4) is 0 Å². The lowest BCUT2D eigenvalue weighted by molar-refractivity contribution is 0.0363. The smallest absolute Gasteiger partial charge is 0.0326 e. The molecule has 4 fully saturated rings. The van der Waals surface area contributed by atoms with E-state index in [1.165, 1.54) is 44.9 Å². The Morgan fingerprint density at radius 3 is 1.52 bits per heavy atom. The highest BCUT2D eigenvalue weighted by Gasteiger charge is 2.54. The molecule has 15 atom stereocenters. The first-order valence-corrected chi connectivity index (χ1v) is 14.7. The molecule has 31 heavy (non-hydrogen) atoms. The molecule has 0 N–H and O–H groups in total. The highest BCUT2D eigenvalue weighted by molar-refractivity contribution is 5.03. The van der Waals surface area contributed by atoms with Crippen LogP contribution in [0.2, 0.25) is 0 Å². The summed E-state index contributed by atoms with van der Waals surface area (Å²) in [7, 11) is 0. The zero-order valence-corrected chi connectivity index (χ0v) is 22.6.